The van der Waals surface area contributed by atoms with Crippen molar-refractivity contribution in [3.8, 4) is 11.8 Å². The van der Waals surface area contributed by atoms with Crippen LogP contribution in [0.3, 0.4) is 0 Å². The van der Waals surface area contributed by atoms with Gasteiger partial charge in [0.15, 0.2) is 0 Å². The molecule has 0 saturated carbocycles. The molecule has 0 aliphatic heterocycles. The van der Waals surface area contributed by atoms with Crippen LogP contribution < -0.4 is 0 Å². The number of benzene rings is 1. The van der Waals surface area contributed by atoms with Gasteiger partial charge in [0, 0.05) is 17.5 Å². The van der Waals surface area contributed by atoms with Crippen molar-refractivity contribution in [2.45, 2.75) is 45.2 Å². The standard InChI is InChI=1S/C17H21NO3/c1-17(2,3)18(16(20)21)15(13-19)12-8-7-11-14-9-5-4-6-10-14/h4-6,9-10,13,15H,8,12H2,1-3H3,(H,20,21). The fourth-order valence-electron chi connectivity index (χ4n) is 2.09. The molecule has 4 nitrogen and oxygen atoms in total. The van der Waals surface area contributed by atoms with E-state index in [-0.39, 0.29) is 0 Å². The Balaban J connectivity index is 2.69. The van der Waals surface area contributed by atoms with Gasteiger partial charge < -0.3 is 9.90 Å². The predicted molar refractivity (Wildman–Crippen MR) is 82.0 cm³/mol. The van der Waals surface area contributed by atoms with E-state index in [1.54, 1.807) is 20.8 Å². The topological polar surface area (TPSA) is 57.6 Å². The Labute approximate surface area is 125 Å². The quantitative estimate of drug-likeness (QED) is 0.683. The van der Waals surface area contributed by atoms with E-state index < -0.39 is 17.7 Å². The minimum Gasteiger partial charge on any atom is -0.465 e. The highest BCUT2D eigenvalue weighted by molar-refractivity contribution is 5.72. The summed E-state index contributed by atoms with van der Waals surface area (Å²) >= 11 is 0. The summed E-state index contributed by atoms with van der Waals surface area (Å²) < 4.78 is 0. The summed E-state index contributed by atoms with van der Waals surface area (Å²) in [6.45, 7) is 5.31. The van der Waals surface area contributed by atoms with Gasteiger partial charge in [0.2, 0.25) is 0 Å². The number of nitrogens with zero attached hydrogens (tertiary/aromatic N) is 1. The van der Waals surface area contributed by atoms with Gasteiger partial charge in [-0.2, -0.15) is 0 Å². The van der Waals surface area contributed by atoms with E-state index in [9.17, 15) is 14.7 Å². The Kier molecular flexibility index (Phi) is 5.98. The van der Waals surface area contributed by atoms with Crippen LogP contribution in [0.4, 0.5) is 4.79 Å². The van der Waals surface area contributed by atoms with Gasteiger partial charge in [-0.15, -0.1) is 0 Å². The number of carboxylic acid groups (broad SMARTS) is 1. The SMILES string of the molecule is CC(C)(C)N(C(=O)O)C(C=O)CCC#Cc1ccccc1. The molecule has 0 bridgehead atoms. The van der Waals surface area contributed by atoms with Gasteiger partial charge in [0.1, 0.15) is 6.29 Å². The van der Waals surface area contributed by atoms with Crippen LogP contribution in [0.5, 0.6) is 0 Å². The summed E-state index contributed by atoms with van der Waals surface area (Å²) in [5, 5.41) is 9.28. The first-order chi connectivity index (χ1) is 9.86. The molecular formula is C17H21NO3. The first-order valence-corrected chi connectivity index (χ1v) is 6.87. The lowest BCUT2D eigenvalue weighted by Gasteiger charge is -2.37. The molecule has 1 aromatic carbocycles. The van der Waals surface area contributed by atoms with E-state index in [1.807, 2.05) is 30.3 Å². The molecule has 0 saturated heterocycles. The molecule has 0 radical (unpaired) electrons. The van der Waals surface area contributed by atoms with Crippen LogP contribution in [0.25, 0.3) is 0 Å². The van der Waals surface area contributed by atoms with Crippen LogP contribution in [0.15, 0.2) is 30.3 Å². The first-order valence-electron chi connectivity index (χ1n) is 6.87. The summed E-state index contributed by atoms with van der Waals surface area (Å²) in [5.74, 6) is 5.98. The van der Waals surface area contributed by atoms with Crippen molar-refractivity contribution in [2.24, 2.45) is 0 Å². The zero-order valence-corrected chi connectivity index (χ0v) is 12.7. The van der Waals surface area contributed by atoms with Crippen molar-refractivity contribution in [3.05, 3.63) is 35.9 Å². The molecule has 1 aromatic rings. The largest absolute Gasteiger partial charge is 0.465 e. The number of hydrogen-bond acceptors (Lipinski definition) is 2. The van der Waals surface area contributed by atoms with Crippen LogP contribution in [0.2, 0.25) is 0 Å². The molecule has 0 fully saturated rings. The van der Waals surface area contributed by atoms with Crippen LogP contribution >= 0.6 is 0 Å². The second-order valence-corrected chi connectivity index (χ2v) is 5.73. The van der Waals surface area contributed by atoms with E-state index in [0.717, 1.165) is 5.56 Å². The lowest BCUT2D eigenvalue weighted by Crippen LogP contribution is -2.51. The molecule has 0 heterocycles. The molecule has 1 unspecified atom stereocenters. The van der Waals surface area contributed by atoms with E-state index in [2.05, 4.69) is 11.8 Å². The van der Waals surface area contributed by atoms with Crippen molar-refractivity contribution in [1.82, 2.24) is 4.90 Å². The molecule has 0 spiro atoms. The normalized spacial score (nSPS) is 12.0. The lowest BCUT2D eigenvalue weighted by atomic mass is 10.0. The van der Waals surface area contributed by atoms with Crippen LogP contribution in [0.1, 0.15) is 39.2 Å². The smallest absolute Gasteiger partial charge is 0.408 e. The molecule has 1 atom stereocenters. The maximum Gasteiger partial charge on any atom is 0.408 e. The summed E-state index contributed by atoms with van der Waals surface area (Å²) in [6.07, 6.45) is 0.463. The van der Waals surface area contributed by atoms with Gasteiger partial charge in [0.05, 0.1) is 6.04 Å². The highest BCUT2D eigenvalue weighted by atomic mass is 16.4. The molecule has 4 heteroatoms. The van der Waals surface area contributed by atoms with Crippen LogP contribution in [-0.4, -0.2) is 34.0 Å². The van der Waals surface area contributed by atoms with Crippen molar-refractivity contribution >= 4 is 12.4 Å². The summed E-state index contributed by atoms with van der Waals surface area (Å²) in [4.78, 5) is 23.7. The van der Waals surface area contributed by atoms with Crippen LogP contribution in [-0.2, 0) is 4.79 Å². The van der Waals surface area contributed by atoms with Gasteiger partial charge >= 0.3 is 6.09 Å². The summed E-state index contributed by atoms with van der Waals surface area (Å²) in [5.41, 5.74) is 0.288. The lowest BCUT2D eigenvalue weighted by molar-refractivity contribution is -0.113. The monoisotopic (exact) mass is 287 g/mol. The molecule has 1 N–H and O–H groups in total. The Bertz CT molecular complexity index is 535. The molecule has 112 valence electrons. The van der Waals surface area contributed by atoms with E-state index in [0.29, 0.717) is 19.1 Å². The molecule has 0 aliphatic carbocycles. The average molecular weight is 287 g/mol. The molecule has 1 amide bonds. The predicted octanol–water partition coefficient (Wildman–Crippen LogP) is 3.16. The Morgan fingerprint density at radius 1 is 1.33 bits per heavy atom. The van der Waals surface area contributed by atoms with Crippen molar-refractivity contribution in [3.63, 3.8) is 0 Å². The number of carbonyl (C=O) groups excluding carboxylic acids is 1. The maximum atomic E-state index is 11.3. The maximum absolute atomic E-state index is 11.3. The third-order valence-corrected chi connectivity index (χ3v) is 2.99. The number of carbonyl (C=O) groups is 2. The van der Waals surface area contributed by atoms with Crippen molar-refractivity contribution < 1.29 is 14.7 Å². The molecule has 0 aliphatic rings. The number of rotatable bonds is 4. The first kappa shape index (κ1) is 16.8. The van der Waals surface area contributed by atoms with E-state index in [4.69, 9.17) is 0 Å². The summed E-state index contributed by atoms with van der Waals surface area (Å²) in [7, 11) is 0. The van der Waals surface area contributed by atoms with Gasteiger partial charge in [-0.05, 0) is 39.3 Å². The fraction of sp³-hybridized carbons (Fsp3) is 0.412. The highest BCUT2D eigenvalue weighted by Crippen LogP contribution is 2.19. The second kappa shape index (κ2) is 7.49. The minimum atomic E-state index is -1.09. The average Bonchev–Trinajstić information content (AvgIpc) is 2.41. The van der Waals surface area contributed by atoms with E-state index in [1.165, 1.54) is 4.90 Å². The molecule has 21 heavy (non-hydrogen) atoms. The Morgan fingerprint density at radius 3 is 2.43 bits per heavy atom. The number of aldehydes is 1. The molecule has 1 rings (SSSR count). The van der Waals surface area contributed by atoms with Gasteiger partial charge in [-0.25, -0.2) is 4.79 Å². The Morgan fingerprint density at radius 2 is 1.95 bits per heavy atom. The van der Waals surface area contributed by atoms with Crippen molar-refractivity contribution in [2.75, 3.05) is 0 Å². The van der Waals surface area contributed by atoms with Gasteiger partial charge in [-0.3, -0.25) is 4.90 Å². The number of hydrogen-bond donors (Lipinski definition) is 1. The number of amides is 1. The third-order valence-electron chi connectivity index (χ3n) is 2.99. The molecular weight excluding hydrogens is 266 g/mol. The van der Waals surface area contributed by atoms with Crippen LogP contribution in [0, 0.1) is 11.8 Å². The van der Waals surface area contributed by atoms with Crippen molar-refractivity contribution in [1.29, 1.82) is 0 Å². The van der Waals surface area contributed by atoms with E-state index >= 15 is 0 Å². The third kappa shape index (κ3) is 5.31. The zero-order valence-electron chi connectivity index (χ0n) is 12.7. The van der Waals surface area contributed by atoms with Gasteiger partial charge in [0.25, 0.3) is 0 Å². The Hall–Kier alpha value is -2.28. The van der Waals surface area contributed by atoms with Gasteiger partial charge in [-0.1, -0.05) is 30.0 Å². The minimum absolute atomic E-state index is 0.396. The summed E-state index contributed by atoms with van der Waals surface area (Å²) in [6, 6.07) is 8.87. The second-order valence-electron chi connectivity index (χ2n) is 5.73. The highest BCUT2D eigenvalue weighted by Gasteiger charge is 2.32. The molecule has 0 aromatic heterocycles. The zero-order chi connectivity index (χ0) is 15.9. The fourth-order valence-corrected chi connectivity index (χ4v) is 2.09.